The molecular weight excluding hydrogens is 524 g/mol. The summed E-state index contributed by atoms with van der Waals surface area (Å²) >= 11 is 0. The highest BCUT2D eigenvalue weighted by Gasteiger charge is 2.27. The highest BCUT2D eigenvalue weighted by atomic mass is 16.5. The molecule has 222 valence electrons. The molecule has 2 aromatic carbocycles. The van der Waals surface area contributed by atoms with Crippen LogP contribution in [0.3, 0.4) is 0 Å². The molecule has 0 radical (unpaired) electrons. The number of methoxy groups -OCH3 is 1. The highest BCUT2D eigenvalue weighted by Crippen LogP contribution is 2.19. The van der Waals surface area contributed by atoms with E-state index in [1.165, 1.54) is 7.11 Å². The van der Waals surface area contributed by atoms with Gasteiger partial charge in [-0.15, -0.1) is 0 Å². The lowest BCUT2D eigenvalue weighted by atomic mass is 10.0. The van der Waals surface area contributed by atoms with Crippen LogP contribution in [0.1, 0.15) is 54.4 Å². The van der Waals surface area contributed by atoms with Gasteiger partial charge in [-0.1, -0.05) is 55.3 Å². The summed E-state index contributed by atoms with van der Waals surface area (Å²) < 4.78 is 10.9. The second-order valence-corrected chi connectivity index (χ2v) is 10.2. The highest BCUT2D eigenvalue weighted by molar-refractivity contribution is 5.99. The summed E-state index contributed by atoms with van der Waals surface area (Å²) in [4.78, 5) is 54.4. The Morgan fingerprint density at radius 1 is 1.00 bits per heavy atom. The van der Waals surface area contributed by atoms with Crippen LogP contribution in [0.25, 0.3) is 0 Å². The zero-order valence-electron chi connectivity index (χ0n) is 24.0. The molecule has 0 unspecified atom stereocenters. The second kappa shape index (κ2) is 17.0. The first-order valence-electron chi connectivity index (χ1n) is 14.3. The number of likely N-dealkylation sites (N-methyl/N-ethyl adjacent to an activating group) is 1. The zero-order valence-corrected chi connectivity index (χ0v) is 24.0. The molecule has 3 N–H and O–H groups in total. The number of hydrogen-bond acceptors (Lipinski definition) is 6. The van der Waals surface area contributed by atoms with Crippen molar-refractivity contribution in [3.8, 4) is 5.75 Å². The Kier molecular flexibility index (Phi) is 13.1. The first kappa shape index (κ1) is 31.6. The van der Waals surface area contributed by atoms with Gasteiger partial charge in [0, 0.05) is 40.1 Å². The molecular formula is C31H42N4O6. The molecule has 10 nitrogen and oxygen atoms in total. The van der Waals surface area contributed by atoms with Crippen LogP contribution < -0.4 is 20.7 Å². The Morgan fingerprint density at radius 2 is 1.73 bits per heavy atom. The molecule has 0 bridgehead atoms. The quantitative estimate of drug-likeness (QED) is 0.462. The van der Waals surface area contributed by atoms with Crippen LogP contribution in [0.15, 0.2) is 54.6 Å². The second-order valence-electron chi connectivity index (χ2n) is 10.2. The zero-order chi connectivity index (χ0) is 29.5. The average molecular weight is 567 g/mol. The molecule has 1 aliphatic rings. The summed E-state index contributed by atoms with van der Waals surface area (Å²) in [7, 11) is 3.28. The number of nitrogens with zero attached hydrogens (tertiary/aromatic N) is 1. The summed E-state index contributed by atoms with van der Waals surface area (Å²) in [6, 6.07) is 14.7. The van der Waals surface area contributed by atoms with Gasteiger partial charge in [-0.2, -0.15) is 0 Å². The van der Waals surface area contributed by atoms with Crippen molar-refractivity contribution < 1.29 is 28.7 Å². The number of rotatable bonds is 6. The molecule has 0 saturated carbocycles. The number of fused-ring (bicyclic) bond motifs is 1. The van der Waals surface area contributed by atoms with E-state index >= 15 is 0 Å². The summed E-state index contributed by atoms with van der Waals surface area (Å²) in [5, 5.41) is 8.40. The average Bonchev–Trinajstić information content (AvgIpc) is 2.98. The number of amides is 4. The van der Waals surface area contributed by atoms with Crippen LogP contribution in [-0.4, -0.2) is 81.1 Å². The van der Waals surface area contributed by atoms with E-state index in [1.54, 1.807) is 36.2 Å². The minimum absolute atomic E-state index is 0.0432. The molecule has 2 atom stereocenters. The van der Waals surface area contributed by atoms with E-state index < -0.39 is 23.9 Å². The molecule has 1 heterocycles. The maximum Gasteiger partial charge on any atom is 0.255 e. The fourth-order valence-corrected chi connectivity index (χ4v) is 4.64. The van der Waals surface area contributed by atoms with Gasteiger partial charge >= 0.3 is 0 Å². The van der Waals surface area contributed by atoms with E-state index in [9.17, 15) is 19.2 Å². The predicted octanol–water partition coefficient (Wildman–Crippen LogP) is 2.47. The van der Waals surface area contributed by atoms with E-state index in [-0.39, 0.29) is 31.2 Å². The fourth-order valence-electron chi connectivity index (χ4n) is 4.64. The predicted molar refractivity (Wildman–Crippen MR) is 155 cm³/mol. The van der Waals surface area contributed by atoms with Crippen LogP contribution in [0.5, 0.6) is 5.75 Å². The Bertz CT molecular complexity index is 1140. The van der Waals surface area contributed by atoms with Gasteiger partial charge in [0.05, 0.1) is 18.8 Å². The Morgan fingerprint density at radius 3 is 2.51 bits per heavy atom. The number of carbonyl (C=O) groups is 4. The molecule has 41 heavy (non-hydrogen) atoms. The lowest BCUT2D eigenvalue weighted by molar-refractivity contribution is -0.135. The molecule has 1 aliphatic heterocycles. The smallest absolute Gasteiger partial charge is 0.255 e. The normalized spacial score (nSPS) is 19.9. The first-order chi connectivity index (χ1) is 19.9. The van der Waals surface area contributed by atoms with Crippen molar-refractivity contribution in [1.82, 2.24) is 20.9 Å². The molecule has 0 fully saturated rings. The van der Waals surface area contributed by atoms with Gasteiger partial charge in [-0.3, -0.25) is 19.2 Å². The molecule has 0 saturated heterocycles. The molecule has 0 aromatic heterocycles. The van der Waals surface area contributed by atoms with Crippen molar-refractivity contribution in [3.05, 3.63) is 65.7 Å². The van der Waals surface area contributed by atoms with Crippen molar-refractivity contribution in [2.75, 3.05) is 40.5 Å². The molecule has 3 rings (SSSR count). The SMILES string of the molecule is COCCNC(=O)[C@@H]1CCC(=O)N[C@@H](Cc2ccccc2)C(=O)N(C)CCCCCCOc2ccccc2C(=O)N1. The molecule has 0 spiro atoms. The number of benzene rings is 2. The van der Waals surface area contributed by atoms with Crippen LogP contribution in [-0.2, 0) is 25.5 Å². The molecule has 0 aliphatic carbocycles. The minimum atomic E-state index is -0.980. The van der Waals surface area contributed by atoms with Gasteiger partial charge in [-0.05, 0) is 37.0 Å². The van der Waals surface area contributed by atoms with Gasteiger partial charge in [-0.25, -0.2) is 0 Å². The Hall–Kier alpha value is -3.92. The van der Waals surface area contributed by atoms with Crippen LogP contribution in [0.2, 0.25) is 0 Å². The monoisotopic (exact) mass is 566 g/mol. The van der Waals surface area contributed by atoms with Gasteiger partial charge in [0.1, 0.15) is 17.8 Å². The van der Waals surface area contributed by atoms with Gasteiger partial charge in [0.2, 0.25) is 17.7 Å². The topological polar surface area (TPSA) is 126 Å². The third-order valence-corrected chi connectivity index (χ3v) is 6.96. The number of nitrogens with one attached hydrogen (secondary N) is 3. The Balaban J connectivity index is 1.81. The van der Waals surface area contributed by atoms with E-state index in [1.807, 2.05) is 30.3 Å². The summed E-state index contributed by atoms with van der Waals surface area (Å²) in [5.74, 6) is -0.999. The number of ether oxygens (including phenoxy) is 2. The number of para-hydroxylation sites is 1. The maximum atomic E-state index is 13.4. The molecule has 2 aromatic rings. The van der Waals surface area contributed by atoms with Crippen molar-refractivity contribution in [2.45, 2.75) is 57.0 Å². The third kappa shape index (κ3) is 10.5. The first-order valence-corrected chi connectivity index (χ1v) is 14.3. The van der Waals surface area contributed by atoms with E-state index in [4.69, 9.17) is 9.47 Å². The van der Waals surface area contributed by atoms with Crippen LogP contribution in [0, 0.1) is 0 Å². The van der Waals surface area contributed by atoms with E-state index in [0.717, 1.165) is 31.2 Å². The maximum absolute atomic E-state index is 13.4. The van der Waals surface area contributed by atoms with Crippen LogP contribution in [0.4, 0.5) is 0 Å². The van der Waals surface area contributed by atoms with E-state index in [2.05, 4.69) is 16.0 Å². The lowest BCUT2D eigenvalue weighted by Crippen LogP contribution is -2.50. The lowest BCUT2D eigenvalue weighted by Gasteiger charge is -2.25. The molecule has 10 heteroatoms. The van der Waals surface area contributed by atoms with Crippen molar-refractivity contribution in [2.24, 2.45) is 0 Å². The van der Waals surface area contributed by atoms with Crippen molar-refractivity contribution >= 4 is 23.6 Å². The minimum Gasteiger partial charge on any atom is -0.493 e. The number of carbonyl (C=O) groups excluding carboxylic acids is 4. The van der Waals surface area contributed by atoms with Gasteiger partial charge in [0.15, 0.2) is 0 Å². The summed E-state index contributed by atoms with van der Waals surface area (Å²) in [6.07, 6.45) is 3.77. The summed E-state index contributed by atoms with van der Waals surface area (Å²) in [6.45, 7) is 1.58. The van der Waals surface area contributed by atoms with Gasteiger partial charge in [0.25, 0.3) is 5.91 Å². The molecule has 4 amide bonds. The fraction of sp³-hybridized carbons (Fsp3) is 0.484. The van der Waals surface area contributed by atoms with Crippen molar-refractivity contribution in [1.29, 1.82) is 0 Å². The standard InChI is InChI=1S/C31H42N4O6/c1-35-19-10-3-4-11-20-41-27-15-9-8-14-24(27)29(37)34-25(30(38)32-18-21-40-2)16-17-28(36)33-26(31(35)39)22-23-12-6-5-7-13-23/h5-9,12-15,25-26H,3-4,10-11,16-22H2,1-2H3,(H,32,38)(H,33,36)(H,34,37)/t25-,26-/m0/s1. The van der Waals surface area contributed by atoms with Gasteiger partial charge < -0.3 is 30.3 Å². The van der Waals surface area contributed by atoms with Crippen LogP contribution >= 0.6 is 0 Å². The van der Waals surface area contributed by atoms with Crippen molar-refractivity contribution in [3.63, 3.8) is 0 Å². The third-order valence-electron chi connectivity index (χ3n) is 6.96. The largest absolute Gasteiger partial charge is 0.493 e. The van der Waals surface area contributed by atoms with E-state index in [0.29, 0.717) is 37.5 Å². The Labute approximate surface area is 242 Å². The summed E-state index contributed by atoms with van der Waals surface area (Å²) in [5.41, 5.74) is 1.25. The number of hydrogen-bond donors (Lipinski definition) is 3.